The molecule has 8 heteroatoms. The van der Waals surface area contributed by atoms with E-state index in [0.717, 1.165) is 17.5 Å². The summed E-state index contributed by atoms with van der Waals surface area (Å²) in [6, 6.07) is 0. The smallest absolute Gasteiger partial charge is 0.190 e. The Hall–Kier alpha value is -1.34. The summed E-state index contributed by atoms with van der Waals surface area (Å²) in [6.07, 6.45) is 3.28. The number of hydrogen-bond donors (Lipinski definition) is 1. The third-order valence-corrected chi connectivity index (χ3v) is 3.47. The average molecular weight is 285 g/mol. The second kappa shape index (κ2) is 6.01. The van der Waals surface area contributed by atoms with E-state index in [0.29, 0.717) is 16.7 Å². The SMILES string of the molecule is Cc1ncc(Cl)c(NCCSc2nncn2C)n1. The van der Waals surface area contributed by atoms with Crippen molar-refractivity contribution in [1.29, 1.82) is 0 Å². The number of rotatable bonds is 5. The second-order valence-corrected chi connectivity index (χ2v) is 5.08. The number of anilines is 1. The van der Waals surface area contributed by atoms with Crippen molar-refractivity contribution in [2.45, 2.75) is 12.1 Å². The van der Waals surface area contributed by atoms with E-state index in [9.17, 15) is 0 Å². The molecule has 0 aliphatic carbocycles. The van der Waals surface area contributed by atoms with Gasteiger partial charge in [0.1, 0.15) is 23.0 Å². The molecular weight excluding hydrogens is 272 g/mol. The van der Waals surface area contributed by atoms with E-state index in [4.69, 9.17) is 11.6 Å². The lowest BCUT2D eigenvalue weighted by molar-refractivity contribution is 0.788. The van der Waals surface area contributed by atoms with Gasteiger partial charge in [0.05, 0.1) is 6.20 Å². The summed E-state index contributed by atoms with van der Waals surface area (Å²) in [6.45, 7) is 2.57. The highest BCUT2D eigenvalue weighted by atomic mass is 35.5. The Labute approximate surface area is 114 Å². The van der Waals surface area contributed by atoms with Gasteiger partial charge < -0.3 is 9.88 Å². The number of thioether (sulfide) groups is 1. The van der Waals surface area contributed by atoms with Crippen LogP contribution in [0, 0.1) is 6.92 Å². The van der Waals surface area contributed by atoms with Crippen molar-refractivity contribution in [3.05, 3.63) is 23.4 Å². The number of nitrogens with one attached hydrogen (secondary N) is 1. The van der Waals surface area contributed by atoms with E-state index in [1.54, 1.807) is 24.3 Å². The average Bonchev–Trinajstić information content (AvgIpc) is 2.75. The van der Waals surface area contributed by atoms with E-state index in [2.05, 4.69) is 25.5 Å². The summed E-state index contributed by atoms with van der Waals surface area (Å²) in [5.74, 6) is 2.22. The maximum absolute atomic E-state index is 5.98. The molecule has 0 bridgehead atoms. The Morgan fingerprint density at radius 3 is 3.06 bits per heavy atom. The molecule has 0 aliphatic heterocycles. The van der Waals surface area contributed by atoms with Gasteiger partial charge in [0.2, 0.25) is 0 Å². The largest absolute Gasteiger partial charge is 0.368 e. The first-order valence-corrected chi connectivity index (χ1v) is 6.73. The molecule has 2 rings (SSSR count). The van der Waals surface area contributed by atoms with Crippen molar-refractivity contribution in [1.82, 2.24) is 24.7 Å². The maximum Gasteiger partial charge on any atom is 0.190 e. The van der Waals surface area contributed by atoms with Crippen LogP contribution in [0.4, 0.5) is 5.82 Å². The fourth-order valence-corrected chi connectivity index (χ4v) is 2.19. The van der Waals surface area contributed by atoms with Crippen LogP contribution < -0.4 is 5.32 Å². The quantitative estimate of drug-likeness (QED) is 0.667. The van der Waals surface area contributed by atoms with Gasteiger partial charge in [-0.3, -0.25) is 0 Å². The minimum atomic E-state index is 0.532. The molecule has 2 aromatic heterocycles. The fraction of sp³-hybridized carbons (Fsp3) is 0.400. The number of aromatic nitrogens is 5. The van der Waals surface area contributed by atoms with Crippen molar-refractivity contribution in [3.8, 4) is 0 Å². The molecular formula is C10H13ClN6S. The summed E-state index contributed by atoms with van der Waals surface area (Å²) >= 11 is 7.60. The fourth-order valence-electron chi connectivity index (χ4n) is 1.29. The highest BCUT2D eigenvalue weighted by molar-refractivity contribution is 7.99. The topological polar surface area (TPSA) is 68.5 Å². The molecule has 0 saturated heterocycles. The van der Waals surface area contributed by atoms with E-state index in [1.807, 2.05) is 18.5 Å². The van der Waals surface area contributed by atoms with Crippen molar-refractivity contribution < 1.29 is 0 Å². The van der Waals surface area contributed by atoms with E-state index < -0.39 is 0 Å². The molecule has 0 aromatic carbocycles. The molecule has 0 aliphatic rings. The molecule has 0 amide bonds. The molecule has 2 heterocycles. The molecule has 0 atom stereocenters. The highest BCUT2D eigenvalue weighted by Crippen LogP contribution is 2.18. The Kier molecular flexibility index (Phi) is 4.38. The Morgan fingerprint density at radius 1 is 1.50 bits per heavy atom. The molecule has 0 radical (unpaired) electrons. The van der Waals surface area contributed by atoms with Gasteiger partial charge in [0.15, 0.2) is 5.16 Å². The summed E-state index contributed by atoms with van der Waals surface area (Å²) in [5, 5.41) is 12.4. The number of aryl methyl sites for hydroxylation is 2. The predicted molar refractivity (Wildman–Crippen MR) is 72.0 cm³/mol. The maximum atomic E-state index is 5.98. The van der Waals surface area contributed by atoms with Gasteiger partial charge in [-0.15, -0.1) is 10.2 Å². The minimum absolute atomic E-state index is 0.532. The molecule has 96 valence electrons. The standard InChI is InChI=1S/C10H13ClN6S/c1-7-13-5-8(11)9(15-7)12-3-4-18-10-16-14-6-17(10)2/h5-6H,3-4H2,1-2H3,(H,12,13,15). The van der Waals surface area contributed by atoms with Gasteiger partial charge in [-0.1, -0.05) is 23.4 Å². The van der Waals surface area contributed by atoms with Crippen LogP contribution in [-0.4, -0.2) is 37.0 Å². The van der Waals surface area contributed by atoms with Crippen LogP contribution in [0.3, 0.4) is 0 Å². The Bertz CT molecular complexity index is 529. The van der Waals surface area contributed by atoms with Gasteiger partial charge in [-0.2, -0.15) is 0 Å². The summed E-state index contributed by atoms with van der Waals surface area (Å²) in [4.78, 5) is 8.24. The summed E-state index contributed by atoms with van der Waals surface area (Å²) in [5.41, 5.74) is 0. The van der Waals surface area contributed by atoms with Crippen molar-refractivity contribution in [3.63, 3.8) is 0 Å². The van der Waals surface area contributed by atoms with Crippen molar-refractivity contribution >= 4 is 29.2 Å². The van der Waals surface area contributed by atoms with E-state index in [1.165, 1.54) is 0 Å². The molecule has 18 heavy (non-hydrogen) atoms. The molecule has 6 nitrogen and oxygen atoms in total. The van der Waals surface area contributed by atoms with Gasteiger partial charge in [0.25, 0.3) is 0 Å². The number of nitrogens with zero attached hydrogens (tertiary/aromatic N) is 5. The lowest BCUT2D eigenvalue weighted by atomic mass is 10.5. The molecule has 0 saturated carbocycles. The first kappa shape index (κ1) is 13.1. The third-order valence-electron chi connectivity index (χ3n) is 2.16. The number of halogens is 1. The van der Waals surface area contributed by atoms with Crippen molar-refractivity contribution in [2.24, 2.45) is 7.05 Å². The zero-order chi connectivity index (χ0) is 13.0. The predicted octanol–water partition coefficient (Wildman–Crippen LogP) is 1.77. The van der Waals surface area contributed by atoms with Gasteiger partial charge >= 0.3 is 0 Å². The van der Waals surface area contributed by atoms with E-state index in [-0.39, 0.29) is 0 Å². The van der Waals surface area contributed by atoms with Gasteiger partial charge in [-0.25, -0.2) is 9.97 Å². The lowest BCUT2D eigenvalue weighted by Gasteiger charge is -2.07. The molecule has 1 N–H and O–H groups in total. The Morgan fingerprint density at radius 2 is 2.33 bits per heavy atom. The van der Waals surface area contributed by atoms with Crippen LogP contribution >= 0.6 is 23.4 Å². The molecule has 2 aromatic rings. The van der Waals surface area contributed by atoms with Crippen LogP contribution in [0.5, 0.6) is 0 Å². The molecule has 0 fully saturated rings. The van der Waals surface area contributed by atoms with Crippen molar-refractivity contribution in [2.75, 3.05) is 17.6 Å². The Balaban J connectivity index is 1.82. The third kappa shape index (κ3) is 3.33. The van der Waals surface area contributed by atoms with Crippen LogP contribution in [0.2, 0.25) is 5.02 Å². The van der Waals surface area contributed by atoms with Crippen LogP contribution in [0.25, 0.3) is 0 Å². The molecule has 0 unspecified atom stereocenters. The molecule has 0 spiro atoms. The summed E-state index contributed by atoms with van der Waals surface area (Å²) < 4.78 is 1.88. The highest BCUT2D eigenvalue weighted by Gasteiger charge is 2.04. The lowest BCUT2D eigenvalue weighted by Crippen LogP contribution is -2.08. The summed E-state index contributed by atoms with van der Waals surface area (Å²) in [7, 11) is 1.92. The first-order valence-electron chi connectivity index (χ1n) is 5.36. The van der Waals surface area contributed by atoms with Gasteiger partial charge in [-0.05, 0) is 6.92 Å². The van der Waals surface area contributed by atoms with Crippen LogP contribution in [-0.2, 0) is 7.05 Å². The van der Waals surface area contributed by atoms with Crippen LogP contribution in [0.1, 0.15) is 5.82 Å². The van der Waals surface area contributed by atoms with Gasteiger partial charge in [0, 0.05) is 19.3 Å². The second-order valence-electron chi connectivity index (χ2n) is 3.61. The zero-order valence-corrected chi connectivity index (χ0v) is 11.7. The first-order chi connectivity index (χ1) is 8.66. The van der Waals surface area contributed by atoms with Crippen LogP contribution in [0.15, 0.2) is 17.7 Å². The van der Waals surface area contributed by atoms with E-state index >= 15 is 0 Å². The normalized spacial score (nSPS) is 10.6. The monoisotopic (exact) mass is 284 g/mol. The number of hydrogen-bond acceptors (Lipinski definition) is 6. The minimum Gasteiger partial charge on any atom is -0.368 e. The zero-order valence-electron chi connectivity index (χ0n) is 10.1.